The average Bonchev–Trinajstić information content (AvgIpc) is 2.33. The van der Waals surface area contributed by atoms with E-state index in [2.05, 4.69) is 5.10 Å². The molecule has 0 saturated carbocycles. The van der Waals surface area contributed by atoms with Crippen LogP contribution in [-0.2, 0) is 11.3 Å². The van der Waals surface area contributed by atoms with Crippen molar-refractivity contribution in [3.05, 3.63) is 17.0 Å². The Bertz CT molecular complexity index is 357. The fourth-order valence-corrected chi connectivity index (χ4v) is 1.23. The first-order valence-corrected chi connectivity index (χ1v) is 4.42. The Labute approximate surface area is 82.5 Å². The zero-order valence-corrected chi connectivity index (χ0v) is 8.61. The van der Waals surface area contributed by atoms with Gasteiger partial charge in [-0.15, -0.1) is 0 Å². The molecule has 1 heterocycles. The van der Waals surface area contributed by atoms with Crippen LogP contribution >= 0.6 is 0 Å². The molecule has 0 aliphatic rings. The van der Waals surface area contributed by atoms with Crippen molar-refractivity contribution in [3.8, 4) is 0 Å². The van der Waals surface area contributed by atoms with Gasteiger partial charge >= 0.3 is 5.97 Å². The number of nitrogens with two attached hydrogens (primary N) is 1. The summed E-state index contributed by atoms with van der Waals surface area (Å²) in [5, 5.41) is 12.8. The van der Waals surface area contributed by atoms with Gasteiger partial charge in [0.15, 0.2) is 0 Å². The number of aryl methyl sites for hydroxylation is 1. The van der Waals surface area contributed by atoms with Crippen LogP contribution < -0.4 is 5.73 Å². The van der Waals surface area contributed by atoms with Gasteiger partial charge in [-0.25, -0.2) is 0 Å². The lowest BCUT2D eigenvalue weighted by atomic mass is 10.2. The van der Waals surface area contributed by atoms with Gasteiger partial charge in [0.2, 0.25) is 0 Å². The molecule has 78 valence electrons. The van der Waals surface area contributed by atoms with Gasteiger partial charge in [-0.3, -0.25) is 9.48 Å². The van der Waals surface area contributed by atoms with E-state index in [1.807, 2.05) is 20.8 Å². The lowest BCUT2D eigenvalue weighted by molar-refractivity contribution is -0.138. The molecule has 0 radical (unpaired) electrons. The number of rotatable bonds is 3. The predicted molar refractivity (Wildman–Crippen MR) is 52.0 cm³/mol. The second-order valence-corrected chi connectivity index (χ2v) is 3.42. The monoisotopic (exact) mass is 197 g/mol. The van der Waals surface area contributed by atoms with E-state index in [9.17, 15) is 4.79 Å². The van der Waals surface area contributed by atoms with E-state index in [1.54, 1.807) is 4.68 Å². The molecule has 3 N–H and O–H groups in total. The van der Waals surface area contributed by atoms with Crippen LogP contribution in [-0.4, -0.2) is 26.9 Å². The molecule has 0 bridgehead atoms. The summed E-state index contributed by atoms with van der Waals surface area (Å²) in [4.78, 5) is 10.5. The van der Waals surface area contributed by atoms with E-state index in [0.29, 0.717) is 0 Å². The SMILES string of the molecule is Cc1nn(C[C@@H](N)C(=O)O)c(C)c1C. The van der Waals surface area contributed by atoms with Crippen LogP contribution in [0.1, 0.15) is 17.0 Å². The molecule has 0 spiro atoms. The molecule has 14 heavy (non-hydrogen) atoms. The molecule has 0 aliphatic heterocycles. The summed E-state index contributed by atoms with van der Waals surface area (Å²) in [7, 11) is 0. The van der Waals surface area contributed by atoms with Crippen molar-refractivity contribution in [2.24, 2.45) is 5.73 Å². The summed E-state index contributed by atoms with van der Waals surface area (Å²) < 4.78 is 1.64. The van der Waals surface area contributed by atoms with E-state index in [0.717, 1.165) is 17.0 Å². The van der Waals surface area contributed by atoms with Crippen molar-refractivity contribution in [2.45, 2.75) is 33.4 Å². The molecule has 0 saturated heterocycles. The minimum atomic E-state index is -1.00. The molecular weight excluding hydrogens is 182 g/mol. The molecule has 0 amide bonds. The minimum absolute atomic E-state index is 0.218. The largest absolute Gasteiger partial charge is 0.480 e. The number of aromatic nitrogens is 2. The Morgan fingerprint density at radius 2 is 2.14 bits per heavy atom. The molecule has 0 aromatic carbocycles. The number of carbonyl (C=O) groups is 1. The third kappa shape index (κ3) is 1.93. The highest BCUT2D eigenvalue weighted by Gasteiger charge is 2.15. The normalized spacial score (nSPS) is 12.9. The molecule has 5 nitrogen and oxygen atoms in total. The Morgan fingerprint density at radius 1 is 1.57 bits per heavy atom. The maximum absolute atomic E-state index is 10.5. The number of hydrogen-bond donors (Lipinski definition) is 2. The van der Waals surface area contributed by atoms with E-state index in [-0.39, 0.29) is 6.54 Å². The fraction of sp³-hybridized carbons (Fsp3) is 0.556. The molecule has 1 rings (SSSR count). The van der Waals surface area contributed by atoms with Crippen molar-refractivity contribution in [3.63, 3.8) is 0 Å². The third-order valence-electron chi connectivity index (χ3n) is 2.43. The summed E-state index contributed by atoms with van der Waals surface area (Å²) in [5.74, 6) is -1.00. The second kappa shape index (κ2) is 3.79. The first-order valence-electron chi connectivity index (χ1n) is 4.42. The third-order valence-corrected chi connectivity index (χ3v) is 2.43. The van der Waals surface area contributed by atoms with E-state index < -0.39 is 12.0 Å². The average molecular weight is 197 g/mol. The molecule has 1 aromatic heterocycles. The highest BCUT2D eigenvalue weighted by atomic mass is 16.4. The smallest absolute Gasteiger partial charge is 0.322 e. The maximum Gasteiger partial charge on any atom is 0.322 e. The lowest BCUT2D eigenvalue weighted by Gasteiger charge is -2.08. The Hall–Kier alpha value is -1.36. The lowest BCUT2D eigenvalue weighted by Crippen LogP contribution is -2.35. The van der Waals surface area contributed by atoms with Crippen molar-refractivity contribution in [1.82, 2.24) is 9.78 Å². The van der Waals surface area contributed by atoms with Gasteiger partial charge in [0.1, 0.15) is 6.04 Å². The molecule has 1 aromatic rings. The second-order valence-electron chi connectivity index (χ2n) is 3.42. The van der Waals surface area contributed by atoms with Crippen LogP contribution in [0.3, 0.4) is 0 Å². The summed E-state index contributed by atoms with van der Waals surface area (Å²) >= 11 is 0. The van der Waals surface area contributed by atoms with Gasteiger partial charge in [0.25, 0.3) is 0 Å². The maximum atomic E-state index is 10.5. The van der Waals surface area contributed by atoms with E-state index in [4.69, 9.17) is 10.8 Å². The molecule has 0 unspecified atom stereocenters. The van der Waals surface area contributed by atoms with Crippen LogP contribution in [0.15, 0.2) is 0 Å². The van der Waals surface area contributed by atoms with Crippen LogP contribution in [0.25, 0.3) is 0 Å². The van der Waals surface area contributed by atoms with Crippen molar-refractivity contribution in [2.75, 3.05) is 0 Å². The highest BCUT2D eigenvalue weighted by molar-refractivity contribution is 5.72. The van der Waals surface area contributed by atoms with Gasteiger partial charge < -0.3 is 10.8 Å². The Kier molecular flexibility index (Phi) is 2.90. The first kappa shape index (κ1) is 10.7. The van der Waals surface area contributed by atoms with Gasteiger partial charge in [0, 0.05) is 5.69 Å². The predicted octanol–water partition coefficient (Wildman–Crippen LogP) is 0.220. The van der Waals surface area contributed by atoms with Crippen LogP contribution in [0.2, 0.25) is 0 Å². The summed E-state index contributed by atoms with van der Waals surface area (Å²) in [6.45, 7) is 5.98. The number of carboxylic acid groups (broad SMARTS) is 1. The molecule has 0 fully saturated rings. The number of hydrogen-bond acceptors (Lipinski definition) is 3. The number of carboxylic acids is 1. The Morgan fingerprint density at radius 3 is 2.50 bits per heavy atom. The van der Waals surface area contributed by atoms with Gasteiger partial charge in [-0.05, 0) is 26.3 Å². The summed E-state index contributed by atoms with van der Waals surface area (Å²) in [6.07, 6.45) is 0. The molecular formula is C9H15N3O2. The zero-order chi connectivity index (χ0) is 10.9. The van der Waals surface area contributed by atoms with Gasteiger partial charge in [-0.2, -0.15) is 5.10 Å². The molecule has 1 atom stereocenters. The fourth-order valence-electron chi connectivity index (χ4n) is 1.23. The van der Waals surface area contributed by atoms with E-state index in [1.165, 1.54) is 0 Å². The standard InChI is InChI=1S/C9H15N3O2/c1-5-6(2)11-12(7(5)3)4-8(10)9(13)14/h8H,4,10H2,1-3H3,(H,13,14)/t8-/m1/s1. The quantitative estimate of drug-likeness (QED) is 0.726. The number of nitrogens with zero attached hydrogens (tertiary/aromatic N) is 2. The van der Waals surface area contributed by atoms with Crippen molar-refractivity contribution >= 4 is 5.97 Å². The van der Waals surface area contributed by atoms with Crippen LogP contribution in [0.5, 0.6) is 0 Å². The first-order chi connectivity index (χ1) is 6.43. The van der Waals surface area contributed by atoms with Crippen LogP contribution in [0, 0.1) is 20.8 Å². The topological polar surface area (TPSA) is 81.1 Å². The number of aliphatic carboxylic acids is 1. The summed E-state index contributed by atoms with van der Waals surface area (Å²) in [5.41, 5.74) is 8.39. The summed E-state index contributed by atoms with van der Waals surface area (Å²) in [6, 6.07) is -0.896. The zero-order valence-electron chi connectivity index (χ0n) is 8.61. The minimum Gasteiger partial charge on any atom is -0.480 e. The van der Waals surface area contributed by atoms with Gasteiger partial charge in [0.05, 0.1) is 12.2 Å². The van der Waals surface area contributed by atoms with E-state index >= 15 is 0 Å². The van der Waals surface area contributed by atoms with Crippen LogP contribution in [0.4, 0.5) is 0 Å². The highest BCUT2D eigenvalue weighted by Crippen LogP contribution is 2.10. The van der Waals surface area contributed by atoms with Crippen molar-refractivity contribution in [1.29, 1.82) is 0 Å². The molecule has 0 aliphatic carbocycles. The van der Waals surface area contributed by atoms with Gasteiger partial charge in [-0.1, -0.05) is 0 Å². The molecule has 5 heteroatoms. The van der Waals surface area contributed by atoms with Crippen molar-refractivity contribution < 1.29 is 9.90 Å². The Balaban J connectivity index is 2.87.